The van der Waals surface area contributed by atoms with Gasteiger partial charge in [0.1, 0.15) is 0 Å². The molecule has 0 saturated carbocycles. The van der Waals surface area contributed by atoms with E-state index < -0.39 is 0 Å². The van der Waals surface area contributed by atoms with Crippen molar-refractivity contribution in [3.8, 4) is 0 Å². The molecule has 2 aromatic carbocycles. The van der Waals surface area contributed by atoms with Gasteiger partial charge < -0.3 is 16.4 Å². The molecule has 1 amide bonds. The summed E-state index contributed by atoms with van der Waals surface area (Å²) in [5, 5.41) is 6.23. The number of hydrogen-bond donors (Lipinski definition) is 3. The molecule has 0 aliphatic carbocycles. The Morgan fingerprint density at radius 2 is 1.61 bits per heavy atom. The highest BCUT2D eigenvalue weighted by Gasteiger charge is 2.13. The summed E-state index contributed by atoms with van der Waals surface area (Å²) in [7, 11) is 0. The summed E-state index contributed by atoms with van der Waals surface area (Å²) in [5.41, 5.74) is 8.77. The molecule has 2 rings (SSSR count). The first kappa shape index (κ1) is 16.9. The van der Waals surface area contributed by atoms with Gasteiger partial charge in [0.05, 0.1) is 16.9 Å². The lowest BCUT2D eigenvalue weighted by Gasteiger charge is -2.19. The van der Waals surface area contributed by atoms with E-state index >= 15 is 0 Å². The summed E-state index contributed by atoms with van der Waals surface area (Å²) in [6.45, 7) is 7.42. The summed E-state index contributed by atoms with van der Waals surface area (Å²) in [6, 6.07) is 14.8. The molecule has 4 N–H and O–H groups in total. The smallest absolute Gasteiger partial charge is 0.257 e. The first-order valence-corrected chi connectivity index (χ1v) is 7.85. The fourth-order valence-corrected chi connectivity index (χ4v) is 2.21. The van der Waals surface area contributed by atoms with E-state index in [0.717, 1.165) is 18.7 Å². The highest BCUT2D eigenvalue weighted by molar-refractivity contribution is 6.09. The molecule has 122 valence electrons. The van der Waals surface area contributed by atoms with E-state index in [4.69, 9.17) is 5.73 Å². The van der Waals surface area contributed by atoms with Gasteiger partial charge in [-0.15, -0.1) is 0 Å². The molecule has 0 atom stereocenters. The number of carbonyl (C=O) groups excluding carboxylic acids is 1. The predicted octanol–water partition coefficient (Wildman–Crippen LogP) is 4.37. The Kier molecular flexibility index (Phi) is 5.27. The second-order valence-corrected chi connectivity index (χ2v) is 6.82. The molecule has 0 heterocycles. The van der Waals surface area contributed by atoms with Gasteiger partial charge in [0.2, 0.25) is 0 Å². The number of hydrogen-bond acceptors (Lipinski definition) is 3. The SMILES string of the molecule is CC(C)(C)CCNc1ccccc1C(=O)Nc1ccccc1N. The molecule has 0 aliphatic rings. The van der Waals surface area contributed by atoms with Gasteiger partial charge in [-0.2, -0.15) is 0 Å². The lowest BCUT2D eigenvalue weighted by atomic mass is 9.92. The summed E-state index contributed by atoms with van der Waals surface area (Å²) in [6.07, 6.45) is 1.02. The van der Waals surface area contributed by atoms with Gasteiger partial charge >= 0.3 is 0 Å². The van der Waals surface area contributed by atoms with Crippen molar-refractivity contribution in [2.75, 3.05) is 22.9 Å². The Balaban J connectivity index is 2.10. The lowest BCUT2D eigenvalue weighted by Crippen LogP contribution is -2.17. The topological polar surface area (TPSA) is 67.2 Å². The van der Waals surface area contributed by atoms with Gasteiger partial charge in [0.25, 0.3) is 5.91 Å². The van der Waals surface area contributed by atoms with E-state index in [1.54, 1.807) is 12.1 Å². The standard InChI is InChI=1S/C19H25N3O/c1-19(2,3)12-13-21-16-10-6-4-8-14(16)18(23)22-17-11-7-5-9-15(17)20/h4-11,21H,12-13,20H2,1-3H3,(H,22,23). The fourth-order valence-electron chi connectivity index (χ4n) is 2.21. The Bertz CT molecular complexity index is 674. The van der Waals surface area contributed by atoms with Crippen molar-refractivity contribution in [1.29, 1.82) is 0 Å². The van der Waals surface area contributed by atoms with Crippen molar-refractivity contribution < 1.29 is 4.79 Å². The van der Waals surface area contributed by atoms with E-state index in [2.05, 4.69) is 31.4 Å². The molecule has 4 nitrogen and oxygen atoms in total. The van der Waals surface area contributed by atoms with Crippen LogP contribution >= 0.6 is 0 Å². The molecule has 0 radical (unpaired) electrons. The maximum Gasteiger partial charge on any atom is 0.257 e. The van der Waals surface area contributed by atoms with Crippen LogP contribution in [0.4, 0.5) is 17.1 Å². The molecular weight excluding hydrogens is 286 g/mol. The molecule has 0 aromatic heterocycles. The number of nitrogens with two attached hydrogens (primary N) is 1. The lowest BCUT2D eigenvalue weighted by molar-refractivity contribution is 0.102. The zero-order valence-corrected chi connectivity index (χ0v) is 14.0. The van der Waals surface area contributed by atoms with E-state index in [0.29, 0.717) is 16.9 Å². The molecule has 0 spiro atoms. The molecule has 0 saturated heterocycles. The van der Waals surface area contributed by atoms with Crippen LogP contribution in [0.15, 0.2) is 48.5 Å². The highest BCUT2D eigenvalue weighted by atomic mass is 16.1. The van der Waals surface area contributed by atoms with Crippen LogP contribution in [0.25, 0.3) is 0 Å². The van der Waals surface area contributed by atoms with Crippen molar-refractivity contribution >= 4 is 23.0 Å². The molecule has 4 heteroatoms. The first-order valence-electron chi connectivity index (χ1n) is 7.85. The van der Waals surface area contributed by atoms with Crippen LogP contribution < -0.4 is 16.4 Å². The molecule has 0 bridgehead atoms. The zero-order chi connectivity index (χ0) is 16.9. The average Bonchev–Trinajstić information content (AvgIpc) is 2.49. The summed E-state index contributed by atoms with van der Waals surface area (Å²) >= 11 is 0. The third kappa shape index (κ3) is 5.02. The first-order chi connectivity index (χ1) is 10.9. The van der Waals surface area contributed by atoms with Crippen LogP contribution in [-0.4, -0.2) is 12.5 Å². The van der Waals surface area contributed by atoms with E-state index in [1.807, 2.05) is 36.4 Å². The monoisotopic (exact) mass is 311 g/mol. The minimum atomic E-state index is -0.165. The fraction of sp³-hybridized carbons (Fsp3) is 0.316. The van der Waals surface area contributed by atoms with Gasteiger partial charge in [-0.1, -0.05) is 45.0 Å². The van der Waals surface area contributed by atoms with Crippen molar-refractivity contribution in [2.24, 2.45) is 5.41 Å². The number of anilines is 3. The van der Waals surface area contributed by atoms with Gasteiger partial charge in [0, 0.05) is 12.2 Å². The number of rotatable bonds is 5. The van der Waals surface area contributed by atoms with Crippen LogP contribution in [0.1, 0.15) is 37.6 Å². The minimum absolute atomic E-state index is 0.165. The number of nitrogen functional groups attached to an aromatic ring is 1. The van der Waals surface area contributed by atoms with Crippen molar-refractivity contribution in [3.63, 3.8) is 0 Å². The molecule has 0 aliphatic heterocycles. The molecule has 0 fully saturated rings. The van der Waals surface area contributed by atoms with Crippen LogP contribution in [0.5, 0.6) is 0 Å². The van der Waals surface area contributed by atoms with Crippen LogP contribution in [-0.2, 0) is 0 Å². The summed E-state index contributed by atoms with van der Waals surface area (Å²) in [4.78, 5) is 12.5. The largest absolute Gasteiger partial charge is 0.397 e. The zero-order valence-electron chi connectivity index (χ0n) is 14.0. The van der Waals surface area contributed by atoms with Gasteiger partial charge in [-0.05, 0) is 36.1 Å². The van der Waals surface area contributed by atoms with Crippen molar-refractivity contribution in [1.82, 2.24) is 0 Å². The van der Waals surface area contributed by atoms with E-state index in [-0.39, 0.29) is 11.3 Å². The number of benzene rings is 2. The van der Waals surface area contributed by atoms with Crippen LogP contribution in [0, 0.1) is 5.41 Å². The maximum absolute atomic E-state index is 12.5. The second kappa shape index (κ2) is 7.18. The molecule has 23 heavy (non-hydrogen) atoms. The minimum Gasteiger partial charge on any atom is -0.397 e. The Labute approximate surface area is 138 Å². The summed E-state index contributed by atoms with van der Waals surface area (Å²) in [5.74, 6) is -0.165. The third-order valence-corrected chi connectivity index (χ3v) is 3.57. The molecule has 2 aromatic rings. The number of amides is 1. The van der Waals surface area contributed by atoms with Crippen molar-refractivity contribution in [3.05, 3.63) is 54.1 Å². The van der Waals surface area contributed by atoms with Crippen LogP contribution in [0.3, 0.4) is 0 Å². The molecule has 0 unspecified atom stereocenters. The highest BCUT2D eigenvalue weighted by Crippen LogP contribution is 2.22. The number of nitrogens with one attached hydrogen (secondary N) is 2. The van der Waals surface area contributed by atoms with Gasteiger partial charge in [-0.3, -0.25) is 4.79 Å². The Morgan fingerprint density at radius 1 is 1.00 bits per heavy atom. The second-order valence-electron chi connectivity index (χ2n) is 6.82. The van der Waals surface area contributed by atoms with E-state index in [9.17, 15) is 4.79 Å². The summed E-state index contributed by atoms with van der Waals surface area (Å²) < 4.78 is 0. The number of para-hydroxylation sites is 3. The van der Waals surface area contributed by atoms with Crippen molar-refractivity contribution in [2.45, 2.75) is 27.2 Å². The number of carbonyl (C=O) groups is 1. The predicted molar refractivity (Wildman–Crippen MR) is 97.8 cm³/mol. The average molecular weight is 311 g/mol. The van der Waals surface area contributed by atoms with E-state index in [1.165, 1.54) is 0 Å². The third-order valence-electron chi connectivity index (χ3n) is 3.57. The van der Waals surface area contributed by atoms with Gasteiger partial charge in [0.15, 0.2) is 0 Å². The molecular formula is C19H25N3O. The Morgan fingerprint density at radius 3 is 2.26 bits per heavy atom. The normalized spacial score (nSPS) is 11.1. The van der Waals surface area contributed by atoms with Gasteiger partial charge in [-0.25, -0.2) is 0 Å². The maximum atomic E-state index is 12.5. The Hall–Kier alpha value is -2.49. The quantitative estimate of drug-likeness (QED) is 0.718. The van der Waals surface area contributed by atoms with Crippen LogP contribution in [0.2, 0.25) is 0 Å².